The fraction of sp³-hybridized carbons (Fsp3) is 0.0769. The van der Waals surface area contributed by atoms with Crippen molar-refractivity contribution in [3.63, 3.8) is 0 Å². The van der Waals surface area contributed by atoms with Crippen molar-refractivity contribution in [2.75, 3.05) is 0 Å². The predicted octanol–water partition coefficient (Wildman–Crippen LogP) is 2.88. The summed E-state index contributed by atoms with van der Waals surface area (Å²) in [6, 6.07) is 4.05. The summed E-state index contributed by atoms with van der Waals surface area (Å²) in [7, 11) is 1.71. The fourth-order valence-electron chi connectivity index (χ4n) is 1.58. The van der Waals surface area contributed by atoms with E-state index in [1.165, 1.54) is 41.2 Å². The molecule has 0 bridgehead atoms. The zero-order chi connectivity index (χ0) is 14.7. The van der Waals surface area contributed by atoms with E-state index in [2.05, 4.69) is 5.10 Å². The average molecular weight is 292 g/mol. The van der Waals surface area contributed by atoms with Crippen LogP contribution in [0.25, 0.3) is 6.08 Å². The summed E-state index contributed by atoms with van der Waals surface area (Å²) < 4.78 is 1.52. The highest BCUT2D eigenvalue weighted by molar-refractivity contribution is 6.32. The Morgan fingerprint density at radius 1 is 1.50 bits per heavy atom. The molecule has 1 aromatic heterocycles. The Balaban J connectivity index is 2.25. The molecule has 0 aliphatic carbocycles. The second-order valence-electron chi connectivity index (χ2n) is 4.06. The fourth-order valence-corrected chi connectivity index (χ4v) is 1.76. The number of hydrogen-bond acceptors (Lipinski definition) is 4. The van der Waals surface area contributed by atoms with E-state index in [9.17, 15) is 14.9 Å². The molecule has 0 unspecified atom stereocenters. The van der Waals surface area contributed by atoms with Crippen LogP contribution in [0.1, 0.15) is 15.9 Å². The molecular weight excluding hydrogens is 282 g/mol. The van der Waals surface area contributed by atoms with Crippen molar-refractivity contribution in [3.8, 4) is 0 Å². The topological polar surface area (TPSA) is 78.0 Å². The number of halogens is 1. The van der Waals surface area contributed by atoms with Gasteiger partial charge in [0.15, 0.2) is 5.78 Å². The minimum atomic E-state index is -0.517. The quantitative estimate of drug-likeness (QED) is 0.375. The molecular formula is C13H10ClN3O3. The lowest BCUT2D eigenvalue weighted by Gasteiger charge is -1.98. The third-order valence-electron chi connectivity index (χ3n) is 2.59. The molecule has 102 valence electrons. The Bertz CT molecular complexity index is 707. The molecule has 2 aromatic rings. The van der Waals surface area contributed by atoms with Crippen LogP contribution < -0.4 is 0 Å². The van der Waals surface area contributed by atoms with Crippen molar-refractivity contribution in [3.05, 3.63) is 62.9 Å². The Morgan fingerprint density at radius 2 is 2.25 bits per heavy atom. The van der Waals surface area contributed by atoms with E-state index in [4.69, 9.17) is 11.6 Å². The Kier molecular flexibility index (Phi) is 3.95. The van der Waals surface area contributed by atoms with Crippen LogP contribution in [0, 0.1) is 10.1 Å². The smallest absolute Gasteiger partial charge is 0.270 e. The first-order chi connectivity index (χ1) is 9.47. The van der Waals surface area contributed by atoms with E-state index >= 15 is 0 Å². The number of carbonyl (C=O) groups is 1. The summed E-state index contributed by atoms with van der Waals surface area (Å²) in [6.45, 7) is 0. The summed E-state index contributed by atoms with van der Waals surface area (Å²) in [5.74, 6) is -0.249. The summed E-state index contributed by atoms with van der Waals surface area (Å²) >= 11 is 5.93. The zero-order valence-corrected chi connectivity index (χ0v) is 11.2. The first kappa shape index (κ1) is 14.0. The number of non-ortho nitro benzene ring substituents is 1. The van der Waals surface area contributed by atoms with Crippen LogP contribution >= 0.6 is 11.6 Å². The van der Waals surface area contributed by atoms with Crippen molar-refractivity contribution in [1.29, 1.82) is 0 Å². The lowest BCUT2D eigenvalue weighted by molar-refractivity contribution is -0.384. The lowest BCUT2D eigenvalue weighted by atomic mass is 10.1. The summed E-state index contributed by atoms with van der Waals surface area (Å²) in [5.41, 5.74) is 0.770. The molecule has 0 atom stereocenters. The highest BCUT2D eigenvalue weighted by Crippen LogP contribution is 2.23. The number of hydrogen-bond donors (Lipinski definition) is 0. The number of aromatic nitrogens is 2. The molecule has 1 aromatic carbocycles. The van der Waals surface area contributed by atoms with Gasteiger partial charge in [-0.3, -0.25) is 19.6 Å². The maximum absolute atomic E-state index is 11.8. The Labute approximate surface area is 119 Å². The van der Waals surface area contributed by atoms with Crippen LogP contribution in [-0.2, 0) is 7.05 Å². The SMILES string of the molecule is Cn1cc(C(=O)/C=C/c2cc([N+](=O)[O-])ccc2Cl)cn1. The molecule has 1 heterocycles. The molecule has 20 heavy (non-hydrogen) atoms. The lowest BCUT2D eigenvalue weighted by Crippen LogP contribution is -1.92. The molecule has 6 nitrogen and oxygen atoms in total. The van der Waals surface area contributed by atoms with Gasteiger partial charge in [0, 0.05) is 30.4 Å². The number of ketones is 1. The maximum atomic E-state index is 11.8. The molecule has 7 heteroatoms. The Hall–Kier alpha value is -2.47. The highest BCUT2D eigenvalue weighted by atomic mass is 35.5. The minimum Gasteiger partial charge on any atom is -0.289 e. The van der Waals surface area contributed by atoms with Gasteiger partial charge < -0.3 is 0 Å². The van der Waals surface area contributed by atoms with Gasteiger partial charge in [-0.15, -0.1) is 0 Å². The van der Waals surface area contributed by atoms with Crippen LogP contribution in [-0.4, -0.2) is 20.5 Å². The van der Waals surface area contributed by atoms with Gasteiger partial charge in [0.2, 0.25) is 0 Å². The first-order valence-corrected chi connectivity index (χ1v) is 6.00. The van der Waals surface area contributed by atoms with E-state index in [0.717, 1.165) is 0 Å². The predicted molar refractivity (Wildman–Crippen MR) is 74.7 cm³/mol. The van der Waals surface area contributed by atoms with Crippen LogP contribution in [0.2, 0.25) is 5.02 Å². The van der Waals surface area contributed by atoms with E-state index in [0.29, 0.717) is 16.1 Å². The van der Waals surface area contributed by atoms with Gasteiger partial charge in [0.05, 0.1) is 16.7 Å². The summed E-state index contributed by atoms with van der Waals surface area (Å²) in [4.78, 5) is 22.0. The van der Waals surface area contributed by atoms with Crippen LogP contribution in [0.4, 0.5) is 5.69 Å². The van der Waals surface area contributed by atoms with E-state index in [-0.39, 0.29) is 11.5 Å². The van der Waals surface area contributed by atoms with Gasteiger partial charge in [-0.25, -0.2) is 0 Å². The number of allylic oxidation sites excluding steroid dienone is 1. The third kappa shape index (κ3) is 3.10. The first-order valence-electron chi connectivity index (χ1n) is 5.62. The molecule has 0 saturated heterocycles. The summed E-state index contributed by atoms with van der Waals surface area (Å²) in [5, 5.41) is 14.9. The average Bonchev–Trinajstić information content (AvgIpc) is 2.84. The van der Waals surface area contributed by atoms with E-state index in [1.807, 2.05) is 0 Å². The van der Waals surface area contributed by atoms with E-state index < -0.39 is 4.92 Å². The highest BCUT2D eigenvalue weighted by Gasteiger charge is 2.09. The van der Waals surface area contributed by atoms with Crippen LogP contribution in [0.15, 0.2) is 36.7 Å². The van der Waals surface area contributed by atoms with Gasteiger partial charge in [-0.1, -0.05) is 11.6 Å². The number of rotatable bonds is 4. The third-order valence-corrected chi connectivity index (χ3v) is 2.94. The molecule has 2 rings (SSSR count). The van der Waals surface area contributed by atoms with Gasteiger partial charge in [0.25, 0.3) is 5.69 Å². The maximum Gasteiger partial charge on any atom is 0.270 e. The number of carbonyl (C=O) groups excluding carboxylic acids is 1. The molecule has 0 N–H and O–H groups in total. The van der Waals surface area contributed by atoms with Crippen molar-refractivity contribution < 1.29 is 9.72 Å². The molecule has 0 fully saturated rings. The number of nitro groups is 1. The van der Waals surface area contributed by atoms with E-state index in [1.54, 1.807) is 13.2 Å². The van der Waals surface area contributed by atoms with Gasteiger partial charge in [-0.2, -0.15) is 5.10 Å². The second kappa shape index (κ2) is 5.66. The zero-order valence-electron chi connectivity index (χ0n) is 10.5. The molecule has 0 radical (unpaired) electrons. The largest absolute Gasteiger partial charge is 0.289 e. The van der Waals surface area contributed by atoms with Gasteiger partial charge >= 0.3 is 0 Å². The number of benzene rings is 1. The minimum absolute atomic E-state index is 0.0807. The number of aryl methyl sites for hydroxylation is 1. The van der Waals surface area contributed by atoms with Crippen LogP contribution in [0.5, 0.6) is 0 Å². The molecule has 0 spiro atoms. The second-order valence-corrected chi connectivity index (χ2v) is 4.47. The number of nitro benzene ring substituents is 1. The van der Waals surface area contributed by atoms with Crippen molar-refractivity contribution in [2.45, 2.75) is 0 Å². The number of nitrogens with zero attached hydrogens (tertiary/aromatic N) is 3. The van der Waals surface area contributed by atoms with Crippen LogP contribution in [0.3, 0.4) is 0 Å². The monoisotopic (exact) mass is 291 g/mol. The van der Waals surface area contributed by atoms with Crippen molar-refractivity contribution in [2.24, 2.45) is 7.05 Å². The summed E-state index contributed by atoms with van der Waals surface area (Å²) in [6.07, 6.45) is 5.79. The standard InChI is InChI=1S/C13H10ClN3O3/c1-16-8-10(7-15-16)13(18)5-2-9-6-11(17(19)20)3-4-12(9)14/h2-8H,1H3/b5-2+. The van der Waals surface area contributed by atoms with Gasteiger partial charge in [-0.05, 0) is 23.8 Å². The molecule has 0 aliphatic rings. The molecule has 0 amide bonds. The Morgan fingerprint density at radius 3 is 2.85 bits per heavy atom. The normalized spacial score (nSPS) is 10.9. The molecule has 0 aliphatic heterocycles. The van der Waals surface area contributed by atoms with Crippen molar-refractivity contribution in [1.82, 2.24) is 9.78 Å². The van der Waals surface area contributed by atoms with Gasteiger partial charge in [0.1, 0.15) is 0 Å². The van der Waals surface area contributed by atoms with Crippen molar-refractivity contribution >= 4 is 29.1 Å². The molecule has 0 saturated carbocycles.